The molecule has 0 bridgehead atoms. The van der Waals surface area contributed by atoms with E-state index in [0.29, 0.717) is 18.3 Å². The first-order valence-corrected chi connectivity index (χ1v) is 12.5. The maximum Gasteiger partial charge on any atom is 0.314 e. The van der Waals surface area contributed by atoms with E-state index in [1.807, 2.05) is 0 Å². The zero-order chi connectivity index (χ0) is 24.3. The molecule has 34 heavy (non-hydrogen) atoms. The molecule has 0 heterocycles. The molecule has 0 saturated heterocycles. The van der Waals surface area contributed by atoms with E-state index >= 15 is 0 Å². The van der Waals surface area contributed by atoms with Gasteiger partial charge in [-0.15, -0.1) is 0 Å². The van der Waals surface area contributed by atoms with E-state index in [4.69, 9.17) is 4.74 Å². The zero-order valence-corrected chi connectivity index (χ0v) is 20.0. The van der Waals surface area contributed by atoms with E-state index in [0.717, 1.165) is 64.2 Å². The number of carbonyl (C=O) groups excluding carboxylic acids is 4. The molecule has 0 spiro atoms. The van der Waals surface area contributed by atoms with Gasteiger partial charge in [0, 0.05) is 23.1 Å². The molecular formula is C29H34O5. The summed E-state index contributed by atoms with van der Waals surface area (Å²) in [4.78, 5) is 50.6. The minimum atomic E-state index is -0.438. The number of benzene rings is 2. The van der Waals surface area contributed by atoms with Crippen molar-refractivity contribution in [1.29, 1.82) is 0 Å². The number of aldehydes is 1. The van der Waals surface area contributed by atoms with Crippen LogP contribution in [0.2, 0.25) is 0 Å². The van der Waals surface area contributed by atoms with E-state index < -0.39 is 5.78 Å². The van der Waals surface area contributed by atoms with E-state index in [1.165, 1.54) is 6.07 Å². The molecule has 0 unspecified atom stereocenters. The number of unbranched alkanes of at least 4 members (excludes halogenated alkanes) is 4. The van der Waals surface area contributed by atoms with Crippen LogP contribution >= 0.6 is 0 Å². The fourth-order valence-corrected chi connectivity index (χ4v) is 4.48. The fourth-order valence-electron chi connectivity index (χ4n) is 4.48. The topological polar surface area (TPSA) is 77.5 Å². The lowest BCUT2D eigenvalue weighted by atomic mass is 9.89. The van der Waals surface area contributed by atoms with Gasteiger partial charge in [0.2, 0.25) is 0 Å². The van der Waals surface area contributed by atoms with Gasteiger partial charge >= 0.3 is 5.97 Å². The van der Waals surface area contributed by atoms with Gasteiger partial charge in [-0.25, -0.2) is 0 Å². The quantitative estimate of drug-likeness (QED) is 0.114. The highest BCUT2D eigenvalue weighted by Gasteiger charge is 2.26. The second-order valence-corrected chi connectivity index (χ2v) is 9.09. The van der Waals surface area contributed by atoms with E-state index in [9.17, 15) is 19.2 Å². The van der Waals surface area contributed by atoms with Crippen molar-refractivity contribution in [2.45, 2.75) is 77.6 Å². The molecular weight excluding hydrogens is 428 g/mol. The van der Waals surface area contributed by atoms with Gasteiger partial charge in [-0.2, -0.15) is 0 Å². The molecule has 1 saturated carbocycles. The summed E-state index contributed by atoms with van der Waals surface area (Å²) in [5.74, 6) is -0.859. The highest BCUT2D eigenvalue weighted by molar-refractivity contribution is 6.15. The molecule has 0 aromatic heterocycles. The van der Waals surface area contributed by atoms with Crippen LogP contribution in [0.4, 0.5) is 0 Å². The summed E-state index contributed by atoms with van der Waals surface area (Å²) in [5.41, 5.74) is 1.02. The summed E-state index contributed by atoms with van der Waals surface area (Å²) >= 11 is 0. The molecule has 1 aliphatic carbocycles. The molecule has 0 aliphatic heterocycles. The molecule has 5 nitrogen and oxygen atoms in total. The molecule has 0 atom stereocenters. The van der Waals surface area contributed by atoms with Gasteiger partial charge in [-0.05, 0) is 37.5 Å². The lowest BCUT2D eigenvalue weighted by molar-refractivity contribution is -0.140. The normalized spacial score (nSPS) is 13.9. The first-order chi connectivity index (χ1) is 16.5. The SMILES string of the molecule is CCCCCCCC(=O)c1ccc(OC(=O)C2CCCCC2)c(C(=O)c2ccccc2C=O)c1. The van der Waals surface area contributed by atoms with E-state index in [1.54, 1.807) is 36.4 Å². The molecule has 2 aromatic rings. The highest BCUT2D eigenvalue weighted by atomic mass is 16.5. The Hall–Kier alpha value is -3.08. The molecule has 1 fully saturated rings. The maximum absolute atomic E-state index is 13.5. The Kier molecular flexibility index (Phi) is 9.75. The second kappa shape index (κ2) is 13.0. The molecule has 180 valence electrons. The van der Waals surface area contributed by atoms with Crippen molar-refractivity contribution < 1.29 is 23.9 Å². The summed E-state index contributed by atoms with van der Waals surface area (Å²) in [6.45, 7) is 2.15. The van der Waals surface area contributed by atoms with Crippen molar-refractivity contribution >= 4 is 23.8 Å². The van der Waals surface area contributed by atoms with E-state index in [-0.39, 0.29) is 40.1 Å². The van der Waals surface area contributed by atoms with Crippen molar-refractivity contribution in [3.8, 4) is 5.75 Å². The van der Waals surface area contributed by atoms with Gasteiger partial charge in [-0.3, -0.25) is 19.2 Å². The third-order valence-corrected chi connectivity index (χ3v) is 6.53. The smallest absolute Gasteiger partial charge is 0.314 e. The predicted octanol–water partition coefficient (Wildman–Crippen LogP) is 6.76. The number of ether oxygens (including phenoxy) is 1. The number of hydrogen-bond acceptors (Lipinski definition) is 5. The third kappa shape index (κ3) is 6.72. The van der Waals surface area contributed by atoms with Gasteiger partial charge in [0.1, 0.15) is 5.75 Å². The van der Waals surface area contributed by atoms with Gasteiger partial charge < -0.3 is 4.74 Å². The van der Waals surface area contributed by atoms with Crippen LogP contribution in [0.5, 0.6) is 5.75 Å². The Morgan fingerprint density at radius 1 is 0.912 bits per heavy atom. The van der Waals surface area contributed by atoms with Gasteiger partial charge in [0.15, 0.2) is 17.9 Å². The Morgan fingerprint density at radius 3 is 2.38 bits per heavy atom. The molecule has 1 aliphatic rings. The van der Waals surface area contributed by atoms with Gasteiger partial charge in [-0.1, -0.05) is 76.1 Å². The summed E-state index contributed by atoms with van der Waals surface area (Å²) in [6.07, 6.45) is 10.9. The average molecular weight is 463 g/mol. The number of rotatable bonds is 12. The van der Waals surface area contributed by atoms with Gasteiger partial charge in [0.05, 0.1) is 11.5 Å². The average Bonchev–Trinajstić information content (AvgIpc) is 2.88. The minimum absolute atomic E-state index is 0.0422. The van der Waals surface area contributed by atoms with Crippen molar-refractivity contribution in [2.75, 3.05) is 0 Å². The minimum Gasteiger partial charge on any atom is -0.426 e. The Balaban J connectivity index is 1.87. The second-order valence-electron chi connectivity index (χ2n) is 9.09. The predicted molar refractivity (Wildman–Crippen MR) is 132 cm³/mol. The van der Waals surface area contributed by atoms with Crippen molar-refractivity contribution in [1.82, 2.24) is 0 Å². The number of ketones is 2. The van der Waals surface area contributed by atoms with Crippen LogP contribution in [0.15, 0.2) is 42.5 Å². The number of carbonyl (C=O) groups is 4. The Morgan fingerprint density at radius 2 is 1.65 bits per heavy atom. The third-order valence-electron chi connectivity index (χ3n) is 6.53. The standard InChI is InChI=1S/C29H34O5/c1-2-3-4-5-9-16-26(31)22-17-18-27(34-29(33)21-12-7-6-8-13-21)25(19-22)28(32)24-15-11-10-14-23(24)20-30/h10-11,14-15,17-21H,2-9,12-13,16H2,1H3. The summed E-state index contributed by atoms with van der Waals surface area (Å²) in [7, 11) is 0. The van der Waals surface area contributed by atoms with Crippen molar-refractivity contribution in [3.63, 3.8) is 0 Å². The number of hydrogen-bond donors (Lipinski definition) is 0. The lowest BCUT2D eigenvalue weighted by Gasteiger charge is -2.20. The summed E-state index contributed by atoms with van der Waals surface area (Å²) < 4.78 is 5.70. The van der Waals surface area contributed by atoms with Crippen LogP contribution in [-0.2, 0) is 4.79 Å². The van der Waals surface area contributed by atoms with Gasteiger partial charge in [0.25, 0.3) is 0 Å². The van der Waals surface area contributed by atoms with Crippen LogP contribution in [-0.4, -0.2) is 23.8 Å². The highest BCUT2D eigenvalue weighted by Crippen LogP contribution is 2.29. The van der Waals surface area contributed by atoms with Crippen LogP contribution in [0.3, 0.4) is 0 Å². The van der Waals surface area contributed by atoms with Crippen LogP contribution < -0.4 is 4.74 Å². The van der Waals surface area contributed by atoms with Crippen molar-refractivity contribution in [3.05, 3.63) is 64.7 Å². The Bertz CT molecular complexity index is 1020. The number of esters is 1. The molecule has 3 rings (SSSR count). The summed E-state index contributed by atoms with van der Waals surface area (Å²) in [6, 6.07) is 11.2. The first-order valence-electron chi connectivity index (χ1n) is 12.5. The molecule has 0 amide bonds. The number of Topliss-reactive ketones (excluding diaryl/α,β-unsaturated/α-hetero) is 1. The maximum atomic E-state index is 13.5. The van der Waals surface area contributed by atoms with Crippen LogP contribution in [0.1, 0.15) is 114 Å². The molecule has 2 aromatic carbocycles. The monoisotopic (exact) mass is 462 g/mol. The van der Waals surface area contributed by atoms with Crippen LogP contribution in [0, 0.1) is 5.92 Å². The largest absolute Gasteiger partial charge is 0.426 e. The Labute approximate surface area is 201 Å². The van der Waals surface area contributed by atoms with Crippen LogP contribution in [0.25, 0.3) is 0 Å². The molecule has 0 N–H and O–H groups in total. The fraction of sp³-hybridized carbons (Fsp3) is 0.448. The van der Waals surface area contributed by atoms with Crippen molar-refractivity contribution in [2.24, 2.45) is 5.92 Å². The zero-order valence-electron chi connectivity index (χ0n) is 20.0. The molecule has 5 heteroatoms. The lowest BCUT2D eigenvalue weighted by Crippen LogP contribution is -2.23. The molecule has 0 radical (unpaired) electrons. The summed E-state index contributed by atoms with van der Waals surface area (Å²) in [5, 5.41) is 0. The van der Waals surface area contributed by atoms with E-state index in [2.05, 4.69) is 6.92 Å². The first kappa shape index (κ1) is 25.5.